The van der Waals surface area contributed by atoms with Gasteiger partial charge in [-0.3, -0.25) is 14.4 Å². The minimum Gasteiger partial charge on any atom is -0.478 e. The third-order valence-electron chi connectivity index (χ3n) is 4.74. The Morgan fingerprint density at radius 3 is 2.17 bits per heavy atom. The second-order valence-electron chi connectivity index (χ2n) is 6.69. The Morgan fingerprint density at radius 1 is 0.931 bits per heavy atom. The summed E-state index contributed by atoms with van der Waals surface area (Å²) in [5.74, 6) is -1.71. The predicted molar refractivity (Wildman–Crippen MR) is 109 cm³/mol. The Bertz CT molecular complexity index is 1120. The average Bonchev–Trinajstić information content (AvgIpc) is 2.71. The molecule has 0 saturated carbocycles. The van der Waals surface area contributed by atoms with E-state index in [1.165, 1.54) is 24.3 Å². The molecule has 0 unspecified atom stereocenters. The van der Waals surface area contributed by atoms with E-state index in [2.05, 4.69) is 5.32 Å². The molecule has 3 rings (SSSR count). The fraction of sp³-hybridized carbons (Fsp3) is 0.130. The molecule has 0 aliphatic carbocycles. The second kappa shape index (κ2) is 8.48. The first-order valence-electron chi connectivity index (χ1n) is 9.03. The van der Waals surface area contributed by atoms with Gasteiger partial charge in [0.1, 0.15) is 0 Å². The molecule has 6 nitrogen and oxygen atoms in total. The topological polar surface area (TPSA) is 101 Å². The predicted octanol–water partition coefficient (Wildman–Crippen LogP) is 3.44. The maximum Gasteiger partial charge on any atom is 0.336 e. The highest BCUT2D eigenvalue weighted by atomic mass is 16.4. The number of benzene rings is 3. The summed E-state index contributed by atoms with van der Waals surface area (Å²) in [5, 5.41) is 12.6. The van der Waals surface area contributed by atoms with Crippen molar-refractivity contribution in [3.63, 3.8) is 0 Å². The number of carbonyl (C=O) groups is 4. The molecule has 0 saturated heterocycles. The van der Waals surface area contributed by atoms with Crippen molar-refractivity contribution in [2.45, 2.75) is 13.3 Å². The van der Waals surface area contributed by atoms with Crippen molar-refractivity contribution in [1.82, 2.24) is 5.32 Å². The second-order valence-corrected chi connectivity index (χ2v) is 6.69. The van der Waals surface area contributed by atoms with Crippen molar-refractivity contribution < 1.29 is 24.3 Å². The molecule has 0 spiro atoms. The van der Waals surface area contributed by atoms with E-state index < -0.39 is 11.9 Å². The molecular formula is C23H19NO5. The molecule has 0 heterocycles. The number of aryl methyl sites for hydroxylation is 1. The normalized spacial score (nSPS) is 10.5. The van der Waals surface area contributed by atoms with E-state index >= 15 is 0 Å². The van der Waals surface area contributed by atoms with Gasteiger partial charge in [-0.15, -0.1) is 0 Å². The molecular weight excluding hydrogens is 370 g/mol. The van der Waals surface area contributed by atoms with E-state index in [0.717, 1.165) is 11.1 Å². The summed E-state index contributed by atoms with van der Waals surface area (Å²) < 4.78 is 0. The number of carboxylic acid groups (broad SMARTS) is 1. The zero-order chi connectivity index (χ0) is 21.0. The standard InChI is InChI=1S/C23H19NO5/c1-14-3-2-4-15(11-14)9-10-24-22(27)18-7-5-16(12-25)20-17(13-26)6-8-19(21(18)20)23(28)29/h2-8,11-13H,9-10H2,1H3,(H,24,27)(H,28,29). The van der Waals surface area contributed by atoms with Crippen molar-refractivity contribution >= 4 is 35.2 Å². The van der Waals surface area contributed by atoms with Crippen LogP contribution in [0.4, 0.5) is 0 Å². The molecule has 0 bridgehead atoms. The highest BCUT2D eigenvalue weighted by Crippen LogP contribution is 2.29. The first-order chi connectivity index (χ1) is 14.0. The molecule has 2 N–H and O–H groups in total. The number of fused-ring (bicyclic) bond motifs is 1. The molecule has 1 amide bonds. The molecule has 29 heavy (non-hydrogen) atoms. The Hall–Kier alpha value is -3.80. The Balaban J connectivity index is 1.99. The van der Waals surface area contributed by atoms with Crippen LogP contribution in [0.25, 0.3) is 10.8 Å². The van der Waals surface area contributed by atoms with Crippen LogP contribution in [0.1, 0.15) is 52.6 Å². The van der Waals surface area contributed by atoms with Gasteiger partial charge in [0.15, 0.2) is 12.6 Å². The first-order valence-corrected chi connectivity index (χ1v) is 9.03. The summed E-state index contributed by atoms with van der Waals surface area (Å²) in [6, 6.07) is 13.4. The third-order valence-corrected chi connectivity index (χ3v) is 4.74. The van der Waals surface area contributed by atoms with Crippen molar-refractivity contribution in [2.75, 3.05) is 6.54 Å². The lowest BCUT2D eigenvalue weighted by Crippen LogP contribution is -2.26. The lowest BCUT2D eigenvalue weighted by atomic mass is 9.92. The summed E-state index contributed by atoms with van der Waals surface area (Å²) in [5.41, 5.74) is 2.47. The monoisotopic (exact) mass is 389 g/mol. The van der Waals surface area contributed by atoms with E-state index in [0.29, 0.717) is 25.5 Å². The molecule has 146 valence electrons. The lowest BCUT2D eigenvalue weighted by Gasteiger charge is -2.13. The largest absolute Gasteiger partial charge is 0.478 e. The number of carboxylic acids is 1. The van der Waals surface area contributed by atoms with Gasteiger partial charge >= 0.3 is 5.97 Å². The van der Waals surface area contributed by atoms with Gasteiger partial charge in [0.05, 0.1) is 5.56 Å². The smallest absolute Gasteiger partial charge is 0.336 e. The molecule has 0 atom stereocenters. The zero-order valence-electron chi connectivity index (χ0n) is 15.8. The van der Waals surface area contributed by atoms with Crippen LogP contribution < -0.4 is 5.32 Å². The number of carbonyl (C=O) groups excluding carboxylic acids is 3. The summed E-state index contributed by atoms with van der Waals surface area (Å²) in [6.07, 6.45) is 1.70. The van der Waals surface area contributed by atoms with Crippen molar-refractivity contribution in [2.24, 2.45) is 0 Å². The number of hydrogen-bond acceptors (Lipinski definition) is 4. The fourth-order valence-corrected chi connectivity index (χ4v) is 3.40. The lowest BCUT2D eigenvalue weighted by molar-refractivity contribution is 0.0698. The van der Waals surface area contributed by atoms with Crippen molar-refractivity contribution in [3.05, 3.63) is 81.9 Å². The van der Waals surface area contributed by atoms with E-state index in [4.69, 9.17) is 0 Å². The quantitative estimate of drug-likeness (QED) is 0.603. The van der Waals surface area contributed by atoms with Gasteiger partial charge in [-0.1, -0.05) is 42.0 Å². The summed E-state index contributed by atoms with van der Waals surface area (Å²) in [4.78, 5) is 47.4. The molecule has 3 aromatic carbocycles. The number of aldehydes is 2. The van der Waals surface area contributed by atoms with Crippen LogP contribution in [0.5, 0.6) is 0 Å². The molecule has 3 aromatic rings. The Morgan fingerprint density at radius 2 is 1.59 bits per heavy atom. The summed E-state index contributed by atoms with van der Waals surface area (Å²) in [7, 11) is 0. The minimum absolute atomic E-state index is 0.0831. The van der Waals surface area contributed by atoms with Crippen LogP contribution in [-0.4, -0.2) is 36.1 Å². The van der Waals surface area contributed by atoms with Crippen LogP contribution in [0, 0.1) is 6.92 Å². The van der Waals surface area contributed by atoms with Crippen LogP contribution >= 0.6 is 0 Å². The van der Waals surface area contributed by atoms with Crippen LogP contribution in [0.3, 0.4) is 0 Å². The Labute approximate surface area is 167 Å². The molecule has 6 heteroatoms. The van der Waals surface area contributed by atoms with E-state index in [-0.39, 0.29) is 33.0 Å². The molecule has 0 aliphatic rings. The number of rotatable bonds is 7. The van der Waals surface area contributed by atoms with Crippen molar-refractivity contribution in [3.8, 4) is 0 Å². The SMILES string of the molecule is Cc1cccc(CCNC(=O)c2ccc(C=O)c3c(C=O)ccc(C(=O)O)c23)c1. The number of nitrogens with one attached hydrogen (secondary N) is 1. The zero-order valence-corrected chi connectivity index (χ0v) is 15.8. The molecule has 0 aromatic heterocycles. The first kappa shape index (κ1) is 19.9. The number of amides is 1. The summed E-state index contributed by atoms with van der Waals surface area (Å²) >= 11 is 0. The van der Waals surface area contributed by atoms with E-state index in [1.807, 2.05) is 31.2 Å². The third kappa shape index (κ3) is 4.06. The van der Waals surface area contributed by atoms with Gasteiger partial charge in [-0.25, -0.2) is 4.79 Å². The van der Waals surface area contributed by atoms with Crippen LogP contribution in [-0.2, 0) is 6.42 Å². The summed E-state index contributed by atoms with van der Waals surface area (Å²) in [6.45, 7) is 2.34. The van der Waals surface area contributed by atoms with Gasteiger partial charge in [-0.05, 0) is 31.0 Å². The maximum atomic E-state index is 12.8. The van der Waals surface area contributed by atoms with Gasteiger partial charge in [0.2, 0.25) is 0 Å². The Kier molecular flexibility index (Phi) is 5.83. The van der Waals surface area contributed by atoms with Crippen LogP contribution in [0.2, 0.25) is 0 Å². The maximum absolute atomic E-state index is 12.8. The van der Waals surface area contributed by atoms with Crippen molar-refractivity contribution in [1.29, 1.82) is 0 Å². The molecule has 0 aliphatic heterocycles. The average molecular weight is 389 g/mol. The van der Waals surface area contributed by atoms with Gasteiger partial charge < -0.3 is 10.4 Å². The van der Waals surface area contributed by atoms with E-state index in [1.54, 1.807) is 0 Å². The highest BCUT2D eigenvalue weighted by Gasteiger charge is 2.20. The van der Waals surface area contributed by atoms with Gasteiger partial charge in [-0.2, -0.15) is 0 Å². The number of aromatic carboxylic acids is 1. The van der Waals surface area contributed by atoms with E-state index in [9.17, 15) is 24.3 Å². The molecule has 0 radical (unpaired) electrons. The number of hydrogen-bond donors (Lipinski definition) is 2. The van der Waals surface area contributed by atoms with Gasteiger partial charge in [0, 0.05) is 34.0 Å². The minimum atomic E-state index is -1.25. The molecule has 0 fully saturated rings. The van der Waals surface area contributed by atoms with Gasteiger partial charge in [0.25, 0.3) is 5.91 Å². The van der Waals surface area contributed by atoms with Crippen LogP contribution in [0.15, 0.2) is 48.5 Å². The highest BCUT2D eigenvalue weighted by molar-refractivity contribution is 6.20. The fourth-order valence-electron chi connectivity index (χ4n) is 3.40.